The zero-order valence-corrected chi connectivity index (χ0v) is 14.5. The van der Waals surface area contributed by atoms with Crippen molar-refractivity contribution in [3.05, 3.63) is 71.3 Å². The zero-order chi connectivity index (χ0) is 17.0. The highest BCUT2D eigenvalue weighted by Crippen LogP contribution is 2.27. The Labute approximate surface area is 144 Å². The summed E-state index contributed by atoms with van der Waals surface area (Å²) in [6.45, 7) is 5.85. The van der Waals surface area contributed by atoms with Crippen molar-refractivity contribution in [2.45, 2.75) is 38.1 Å². The number of carbonyl (C=O) groups is 1. The number of hydrogen-bond donors (Lipinski definition) is 2. The molecule has 126 valence electrons. The minimum absolute atomic E-state index is 0.105. The van der Waals surface area contributed by atoms with Gasteiger partial charge in [0.25, 0.3) is 0 Å². The van der Waals surface area contributed by atoms with E-state index in [2.05, 4.69) is 60.9 Å². The van der Waals surface area contributed by atoms with Crippen LogP contribution < -0.4 is 10.6 Å². The second-order valence-corrected chi connectivity index (χ2v) is 7.19. The van der Waals surface area contributed by atoms with E-state index >= 15 is 0 Å². The van der Waals surface area contributed by atoms with Crippen LogP contribution in [0.25, 0.3) is 0 Å². The Balaban J connectivity index is 1.59. The summed E-state index contributed by atoms with van der Waals surface area (Å²) in [5, 5.41) is 6.63. The smallest absolute Gasteiger partial charge is 0.220 e. The Morgan fingerprint density at radius 1 is 1.12 bits per heavy atom. The van der Waals surface area contributed by atoms with Crippen molar-refractivity contribution in [2.24, 2.45) is 0 Å². The van der Waals surface area contributed by atoms with E-state index in [9.17, 15) is 4.79 Å². The Bertz CT molecular complexity index is 694. The monoisotopic (exact) mass is 322 g/mol. The Hall–Kier alpha value is -2.13. The first-order chi connectivity index (χ1) is 11.6. The summed E-state index contributed by atoms with van der Waals surface area (Å²) in [5.74, 6) is 0.105. The van der Waals surface area contributed by atoms with Crippen molar-refractivity contribution < 1.29 is 4.79 Å². The van der Waals surface area contributed by atoms with E-state index in [1.165, 1.54) is 16.7 Å². The molecule has 3 rings (SSSR count). The van der Waals surface area contributed by atoms with Gasteiger partial charge in [0.15, 0.2) is 0 Å². The van der Waals surface area contributed by atoms with Crippen molar-refractivity contribution in [3.8, 4) is 0 Å². The van der Waals surface area contributed by atoms with E-state index in [1.54, 1.807) is 0 Å². The van der Waals surface area contributed by atoms with Gasteiger partial charge >= 0.3 is 0 Å². The average molecular weight is 322 g/mol. The molecule has 0 radical (unpaired) electrons. The molecule has 0 fully saturated rings. The molecule has 2 aromatic rings. The van der Waals surface area contributed by atoms with E-state index in [0.29, 0.717) is 13.0 Å². The maximum absolute atomic E-state index is 12.4. The number of nitrogens with one attached hydrogen (secondary N) is 2. The molecule has 0 bridgehead atoms. The largest absolute Gasteiger partial charge is 0.354 e. The number of carbonyl (C=O) groups excluding carboxylic acids is 1. The fourth-order valence-corrected chi connectivity index (χ4v) is 3.45. The van der Waals surface area contributed by atoms with Crippen LogP contribution in [0.15, 0.2) is 54.6 Å². The third kappa shape index (κ3) is 3.85. The van der Waals surface area contributed by atoms with E-state index in [0.717, 1.165) is 13.0 Å². The summed E-state index contributed by atoms with van der Waals surface area (Å²) in [4.78, 5) is 12.4. The predicted octanol–water partition coefficient (Wildman–Crippen LogP) is 3.36. The number of amides is 1. The van der Waals surface area contributed by atoms with E-state index in [-0.39, 0.29) is 17.4 Å². The fraction of sp³-hybridized carbons (Fsp3) is 0.381. The standard InChI is InChI=1S/C21H26N2O/c1-21(2,17-9-4-3-5-10-17)14-20(24)23-15-19-18-11-7-6-8-16(18)12-13-22-19/h3-11,19,22H,12-15H2,1-2H3,(H,23,24). The highest BCUT2D eigenvalue weighted by Gasteiger charge is 2.25. The molecule has 2 N–H and O–H groups in total. The van der Waals surface area contributed by atoms with Gasteiger partial charge in [0.2, 0.25) is 5.91 Å². The Kier molecular flexibility index (Phi) is 5.00. The molecule has 1 aliphatic heterocycles. The van der Waals surface area contributed by atoms with Crippen molar-refractivity contribution in [1.29, 1.82) is 0 Å². The SMILES string of the molecule is CC(C)(CC(=O)NCC1NCCc2ccccc21)c1ccccc1. The average Bonchev–Trinajstić information content (AvgIpc) is 2.60. The van der Waals surface area contributed by atoms with Gasteiger partial charge in [-0.3, -0.25) is 4.79 Å². The summed E-state index contributed by atoms with van der Waals surface area (Å²) in [6, 6.07) is 18.9. The van der Waals surface area contributed by atoms with E-state index in [1.807, 2.05) is 18.2 Å². The van der Waals surface area contributed by atoms with Crippen LogP contribution in [0.3, 0.4) is 0 Å². The molecular formula is C21H26N2O. The quantitative estimate of drug-likeness (QED) is 0.886. The van der Waals surface area contributed by atoms with Crippen LogP contribution in [0.2, 0.25) is 0 Å². The van der Waals surface area contributed by atoms with Crippen molar-refractivity contribution >= 4 is 5.91 Å². The molecule has 0 aliphatic carbocycles. The summed E-state index contributed by atoms with van der Waals surface area (Å²) >= 11 is 0. The molecule has 1 amide bonds. The van der Waals surface area contributed by atoms with Crippen LogP contribution in [0.4, 0.5) is 0 Å². The summed E-state index contributed by atoms with van der Waals surface area (Å²) in [6.07, 6.45) is 1.55. The summed E-state index contributed by atoms with van der Waals surface area (Å²) in [7, 11) is 0. The van der Waals surface area contributed by atoms with Crippen molar-refractivity contribution in [2.75, 3.05) is 13.1 Å². The normalized spacial score (nSPS) is 17.2. The number of rotatable bonds is 5. The fourth-order valence-electron chi connectivity index (χ4n) is 3.45. The lowest BCUT2D eigenvalue weighted by Crippen LogP contribution is -2.40. The van der Waals surface area contributed by atoms with Gasteiger partial charge in [-0.15, -0.1) is 0 Å². The number of hydrogen-bond acceptors (Lipinski definition) is 2. The minimum Gasteiger partial charge on any atom is -0.354 e. The van der Waals surface area contributed by atoms with E-state index < -0.39 is 0 Å². The van der Waals surface area contributed by atoms with Gasteiger partial charge in [-0.2, -0.15) is 0 Å². The first-order valence-corrected chi connectivity index (χ1v) is 8.70. The molecule has 3 heteroatoms. The van der Waals surface area contributed by atoms with Crippen LogP contribution in [-0.4, -0.2) is 19.0 Å². The molecule has 1 atom stereocenters. The predicted molar refractivity (Wildman–Crippen MR) is 98.0 cm³/mol. The lowest BCUT2D eigenvalue weighted by Gasteiger charge is -2.28. The maximum atomic E-state index is 12.4. The van der Waals surface area contributed by atoms with Crippen molar-refractivity contribution in [3.63, 3.8) is 0 Å². The van der Waals surface area contributed by atoms with E-state index in [4.69, 9.17) is 0 Å². The molecule has 0 saturated carbocycles. The van der Waals surface area contributed by atoms with Crippen molar-refractivity contribution in [1.82, 2.24) is 10.6 Å². The van der Waals surface area contributed by atoms with Crippen LogP contribution in [0.1, 0.15) is 43.0 Å². The van der Waals surface area contributed by atoms with Crippen LogP contribution in [0, 0.1) is 0 Å². The molecule has 0 spiro atoms. The molecule has 2 aromatic carbocycles. The lowest BCUT2D eigenvalue weighted by atomic mass is 9.81. The first-order valence-electron chi connectivity index (χ1n) is 8.70. The molecule has 3 nitrogen and oxygen atoms in total. The van der Waals surface area contributed by atoms with Crippen LogP contribution in [-0.2, 0) is 16.6 Å². The minimum atomic E-state index is -0.163. The van der Waals surface area contributed by atoms with Gasteiger partial charge in [-0.1, -0.05) is 68.4 Å². The second kappa shape index (κ2) is 7.18. The lowest BCUT2D eigenvalue weighted by molar-refractivity contribution is -0.122. The second-order valence-electron chi connectivity index (χ2n) is 7.19. The third-order valence-corrected chi connectivity index (χ3v) is 4.88. The summed E-state index contributed by atoms with van der Waals surface area (Å²) < 4.78 is 0. The first kappa shape index (κ1) is 16.7. The Morgan fingerprint density at radius 2 is 1.83 bits per heavy atom. The molecule has 1 heterocycles. The molecule has 1 aliphatic rings. The maximum Gasteiger partial charge on any atom is 0.220 e. The highest BCUT2D eigenvalue weighted by atomic mass is 16.1. The van der Waals surface area contributed by atoms with Gasteiger partial charge in [0, 0.05) is 19.0 Å². The molecule has 24 heavy (non-hydrogen) atoms. The zero-order valence-electron chi connectivity index (χ0n) is 14.5. The topological polar surface area (TPSA) is 41.1 Å². The van der Waals surface area contributed by atoms with Gasteiger partial charge in [-0.25, -0.2) is 0 Å². The molecule has 1 unspecified atom stereocenters. The van der Waals surface area contributed by atoms with Crippen LogP contribution >= 0.6 is 0 Å². The summed E-state index contributed by atoms with van der Waals surface area (Å²) in [5.41, 5.74) is 3.73. The Morgan fingerprint density at radius 3 is 2.62 bits per heavy atom. The van der Waals surface area contributed by atoms with Gasteiger partial charge in [0.1, 0.15) is 0 Å². The number of fused-ring (bicyclic) bond motifs is 1. The van der Waals surface area contributed by atoms with Gasteiger partial charge in [-0.05, 0) is 35.1 Å². The van der Waals surface area contributed by atoms with Crippen LogP contribution in [0.5, 0.6) is 0 Å². The number of benzene rings is 2. The molecule has 0 aromatic heterocycles. The highest BCUT2D eigenvalue weighted by molar-refractivity contribution is 5.77. The molecule has 0 saturated heterocycles. The van der Waals surface area contributed by atoms with Gasteiger partial charge < -0.3 is 10.6 Å². The third-order valence-electron chi connectivity index (χ3n) is 4.88. The van der Waals surface area contributed by atoms with Gasteiger partial charge in [0.05, 0.1) is 0 Å². The molecular weight excluding hydrogens is 296 g/mol.